The van der Waals surface area contributed by atoms with Gasteiger partial charge in [-0.2, -0.15) is 0 Å². The Labute approximate surface area is 135 Å². The molecule has 0 atom stereocenters. The molecule has 0 aliphatic heterocycles. The summed E-state index contributed by atoms with van der Waals surface area (Å²) in [5.74, 6) is -1.19. The van der Waals surface area contributed by atoms with E-state index in [1.54, 1.807) is 24.3 Å². The van der Waals surface area contributed by atoms with Crippen LogP contribution in [0.25, 0.3) is 0 Å². The van der Waals surface area contributed by atoms with E-state index in [1.807, 2.05) is 0 Å². The zero-order valence-corrected chi connectivity index (χ0v) is 12.7. The zero-order valence-electron chi connectivity index (χ0n) is 11.2. The molecule has 0 saturated heterocycles. The van der Waals surface area contributed by atoms with Crippen molar-refractivity contribution in [3.8, 4) is 0 Å². The van der Waals surface area contributed by atoms with Crippen molar-refractivity contribution in [2.45, 2.75) is 13.1 Å². The number of hydrogen-bond acceptors (Lipinski definition) is 4. The first-order valence-electron chi connectivity index (χ1n) is 6.11. The average molecular weight is 344 g/mol. The van der Waals surface area contributed by atoms with Crippen LogP contribution < -0.4 is 0 Å². The van der Waals surface area contributed by atoms with Crippen LogP contribution in [-0.4, -0.2) is 21.9 Å². The second-order valence-electron chi connectivity index (χ2n) is 4.25. The van der Waals surface area contributed by atoms with Crippen molar-refractivity contribution in [1.82, 2.24) is 4.90 Å². The Morgan fingerprint density at radius 1 is 1.00 bits per heavy atom. The number of aliphatic carboxylic acids is 1. The van der Waals surface area contributed by atoms with Gasteiger partial charge in [0.05, 0.1) is 25.6 Å². The summed E-state index contributed by atoms with van der Waals surface area (Å²) < 4.78 is 10.4. The molecule has 2 rings (SSSR count). The third-order valence-corrected chi connectivity index (χ3v) is 3.51. The molecule has 0 spiro atoms. The number of halogens is 2. The number of carbonyl (C=O) groups excluding carboxylic acids is 1. The molecular formula is C14H11Cl2NO5. The number of carboxylic acids is 1. The lowest BCUT2D eigenvalue weighted by Gasteiger charge is -2.20. The van der Waals surface area contributed by atoms with Gasteiger partial charge in [0.15, 0.2) is 0 Å². The van der Waals surface area contributed by atoms with Gasteiger partial charge in [-0.3, -0.25) is 4.79 Å². The molecule has 0 saturated carbocycles. The van der Waals surface area contributed by atoms with Crippen LogP contribution in [0.5, 0.6) is 0 Å². The summed E-state index contributed by atoms with van der Waals surface area (Å²) in [5, 5.41) is 7.50. The van der Waals surface area contributed by atoms with Gasteiger partial charge in [0.2, 0.25) is 0 Å². The minimum Gasteiger partial charge on any atom is -0.477 e. The summed E-state index contributed by atoms with van der Waals surface area (Å²) in [6, 6.07) is 6.71. The van der Waals surface area contributed by atoms with Gasteiger partial charge in [-0.1, -0.05) is 23.2 Å². The molecule has 0 fully saturated rings. The van der Waals surface area contributed by atoms with Gasteiger partial charge >= 0.3 is 5.97 Å². The van der Waals surface area contributed by atoms with Gasteiger partial charge in [0.25, 0.3) is 5.91 Å². The smallest absolute Gasteiger partial charge is 0.349 e. The Balaban J connectivity index is 2.25. The van der Waals surface area contributed by atoms with E-state index in [4.69, 9.17) is 37.1 Å². The van der Waals surface area contributed by atoms with Crippen molar-refractivity contribution in [1.29, 1.82) is 0 Å². The van der Waals surface area contributed by atoms with Crippen LogP contribution >= 0.6 is 23.2 Å². The van der Waals surface area contributed by atoms with Gasteiger partial charge in [0, 0.05) is 0 Å². The van der Waals surface area contributed by atoms with Gasteiger partial charge in [-0.15, -0.1) is 0 Å². The van der Waals surface area contributed by atoms with Crippen LogP contribution in [0.2, 0.25) is 0 Å². The van der Waals surface area contributed by atoms with E-state index in [9.17, 15) is 9.59 Å². The van der Waals surface area contributed by atoms with E-state index in [0.717, 1.165) is 0 Å². The number of nitrogens with zero attached hydrogens (tertiary/aromatic N) is 1. The Morgan fingerprint density at radius 2 is 1.50 bits per heavy atom. The minimum absolute atomic E-state index is 0.0898. The maximum Gasteiger partial charge on any atom is 0.349 e. The molecule has 2 aromatic rings. The molecule has 1 N–H and O–H groups in total. The average Bonchev–Trinajstić information content (AvgIpc) is 3.17. The van der Waals surface area contributed by atoms with E-state index in [2.05, 4.69) is 0 Å². The lowest BCUT2D eigenvalue weighted by molar-refractivity contribution is -0.133. The van der Waals surface area contributed by atoms with E-state index < -0.39 is 21.9 Å². The summed E-state index contributed by atoms with van der Waals surface area (Å²) in [7, 11) is 0. The molecule has 0 unspecified atom stereocenters. The van der Waals surface area contributed by atoms with Crippen LogP contribution in [-0.2, 0) is 22.7 Å². The normalized spacial score (nSPS) is 11.9. The van der Waals surface area contributed by atoms with Crippen LogP contribution in [0.15, 0.2) is 55.7 Å². The van der Waals surface area contributed by atoms with Crippen molar-refractivity contribution in [2.24, 2.45) is 0 Å². The van der Waals surface area contributed by atoms with Crippen molar-refractivity contribution in [2.75, 3.05) is 0 Å². The van der Waals surface area contributed by atoms with E-state index in [0.29, 0.717) is 11.5 Å². The molecule has 0 aliphatic carbocycles. The summed E-state index contributed by atoms with van der Waals surface area (Å²) in [6.07, 6.45) is 2.93. The first-order valence-corrected chi connectivity index (χ1v) is 6.87. The van der Waals surface area contributed by atoms with Gasteiger partial charge in [-0.25, -0.2) is 4.79 Å². The Bertz CT molecular complexity index is 640. The second-order valence-corrected chi connectivity index (χ2v) is 5.01. The minimum atomic E-state index is -1.48. The van der Waals surface area contributed by atoms with Crippen LogP contribution in [0.4, 0.5) is 0 Å². The molecule has 0 bridgehead atoms. The molecule has 0 radical (unpaired) electrons. The van der Waals surface area contributed by atoms with E-state index >= 15 is 0 Å². The number of hydrogen-bond donors (Lipinski definition) is 1. The topological polar surface area (TPSA) is 83.9 Å². The molecule has 2 heterocycles. The molecule has 22 heavy (non-hydrogen) atoms. The van der Waals surface area contributed by atoms with Crippen molar-refractivity contribution in [3.63, 3.8) is 0 Å². The van der Waals surface area contributed by atoms with Gasteiger partial charge in [-0.05, 0) is 24.3 Å². The van der Waals surface area contributed by atoms with Crippen LogP contribution in [0, 0.1) is 0 Å². The van der Waals surface area contributed by atoms with E-state index in [-0.39, 0.29) is 13.1 Å². The van der Waals surface area contributed by atoms with Crippen molar-refractivity contribution in [3.05, 3.63) is 58.4 Å². The summed E-state index contributed by atoms with van der Waals surface area (Å²) in [6.45, 7) is 0.180. The summed E-state index contributed by atoms with van der Waals surface area (Å²) >= 11 is 11.3. The zero-order chi connectivity index (χ0) is 16.1. The number of rotatable bonds is 6. The first kappa shape index (κ1) is 16.2. The Kier molecular flexibility index (Phi) is 5.30. The molecule has 2 aromatic heterocycles. The number of carboxylic acid groups (broad SMARTS) is 1. The molecule has 1 amide bonds. The number of carbonyl (C=O) groups is 2. The van der Waals surface area contributed by atoms with Crippen molar-refractivity contribution >= 4 is 35.1 Å². The highest BCUT2D eigenvalue weighted by atomic mass is 35.5. The monoisotopic (exact) mass is 343 g/mol. The SMILES string of the molecule is O=C(O)C(Cl)=C(Cl)C(=O)N(Cc1ccco1)Cc1ccco1. The fraction of sp³-hybridized carbons (Fsp3) is 0.143. The third-order valence-electron chi connectivity index (χ3n) is 2.71. The summed E-state index contributed by atoms with van der Waals surface area (Å²) in [4.78, 5) is 24.4. The first-order chi connectivity index (χ1) is 10.5. The van der Waals surface area contributed by atoms with Crippen LogP contribution in [0.1, 0.15) is 11.5 Å². The van der Waals surface area contributed by atoms with E-state index in [1.165, 1.54) is 17.4 Å². The fourth-order valence-corrected chi connectivity index (χ4v) is 1.99. The van der Waals surface area contributed by atoms with Crippen LogP contribution in [0.3, 0.4) is 0 Å². The third kappa shape index (κ3) is 3.93. The Hall–Kier alpha value is -2.18. The fourth-order valence-electron chi connectivity index (χ4n) is 1.71. The largest absolute Gasteiger partial charge is 0.477 e. The predicted molar refractivity (Wildman–Crippen MR) is 78.0 cm³/mol. The Morgan fingerprint density at radius 3 is 1.86 bits per heavy atom. The molecule has 0 aliphatic rings. The summed E-state index contributed by atoms with van der Waals surface area (Å²) in [5.41, 5.74) is 0. The molecular weight excluding hydrogens is 333 g/mol. The van der Waals surface area contributed by atoms with Gasteiger partial charge < -0.3 is 18.8 Å². The highest BCUT2D eigenvalue weighted by molar-refractivity contribution is 6.53. The molecule has 0 aromatic carbocycles. The quantitative estimate of drug-likeness (QED) is 0.814. The number of furan rings is 2. The molecule has 8 heteroatoms. The maximum absolute atomic E-state index is 12.3. The highest BCUT2D eigenvalue weighted by Crippen LogP contribution is 2.20. The lowest BCUT2D eigenvalue weighted by Crippen LogP contribution is -2.30. The van der Waals surface area contributed by atoms with Crippen molar-refractivity contribution < 1.29 is 23.5 Å². The predicted octanol–water partition coefficient (Wildman–Crippen LogP) is 3.18. The lowest BCUT2D eigenvalue weighted by atomic mass is 10.3. The number of amides is 1. The molecule has 6 nitrogen and oxygen atoms in total. The second kappa shape index (κ2) is 7.20. The molecule has 116 valence electrons. The van der Waals surface area contributed by atoms with Gasteiger partial charge in [0.1, 0.15) is 21.6 Å². The standard InChI is InChI=1S/C14H11Cl2NO5/c15-11(12(16)14(19)20)13(18)17(7-9-3-1-5-21-9)8-10-4-2-6-22-10/h1-6H,7-8H2,(H,19,20). The highest BCUT2D eigenvalue weighted by Gasteiger charge is 2.24. The maximum atomic E-state index is 12.3.